The number of imidazole rings is 1. The molecule has 3 aromatic rings. The van der Waals surface area contributed by atoms with Gasteiger partial charge < -0.3 is 23.8 Å². The predicted octanol–water partition coefficient (Wildman–Crippen LogP) is 1.37. The van der Waals surface area contributed by atoms with Crippen LogP contribution in [-0.4, -0.2) is 90.7 Å². The Morgan fingerprint density at radius 1 is 1.24 bits per heavy atom. The van der Waals surface area contributed by atoms with Crippen LogP contribution in [-0.2, 0) is 27.1 Å². The lowest BCUT2D eigenvalue weighted by Gasteiger charge is -2.38. The van der Waals surface area contributed by atoms with Gasteiger partial charge in [0.15, 0.2) is 16.5 Å². The van der Waals surface area contributed by atoms with E-state index in [1.54, 1.807) is 20.9 Å². The smallest absolute Gasteiger partial charge is 0.281 e. The zero-order valence-electron chi connectivity index (χ0n) is 23.6. The van der Waals surface area contributed by atoms with Crippen LogP contribution in [0.3, 0.4) is 0 Å². The fourth-order valence-corrected chi connectivity index (χ4v) is 7.13. The average Bonchev–Trinajstić information content (AvgIpc) is 3.50. The minimum atomic E-state index is -4.17. The molecule has 1 aliphatic heterocycles. The summed E-state index contributed by atoms with van der Waals surface area (Å²) < 4.78 is 69.7. The molecule has 0 saturated heterocycles. The number of hydrogen-bond donors (Lipinski definition) is 2. The van der Waals surface area contributed by atoms with Gasteiger partial charge in [0.2, 0.25) is 10.0 Å². The zero-order valence-corrected chi connectivity index (χ0v) is 25.2. The molecule has 16 heteroatoms. The van der Waals surface area contributed by atoms with E-state index in [1.807, 2.05) is 0 Å². The van der Waals surface area contributed by atoms with Gasteiger partial charge in [0.1, 0.15) is 16.7 Å². The number of carbonyl (C=O) groups is 1. The van der Waals surface area contributed by atoms with Crippen LogP contribution in [0.4, 0.5) is 5.69 Å². The van der Waals surface area contributed by atoms with Gasteiger partial charge in [-0.3, -0.25) is 9.52 Å². The van der Waals surface area contributed by atoms with Crippen molar-refractivity contribution in [1.29, 1.82) is 0 Å². The van der Waals surface area contributed by atoms with E-state index in [0.717, 1.165) is 4.31 Å². The van der Waals surface area contributed by atoms with Gasteiger partial charge in [-0.15, -0.1) is 0 Å². The Balaban J connectivity index is 1.78. The second-order valence-corrected chi connectivity index (χ2v) is 13.8. The van der Waals surface area contributed by atoms with E-state index in [2.05, 4.69) is 14.9 Å². The number of rotatable bonds is 9. The number of likely N-dealkylation sites (N-methyl/N-ethyl adjacent to an activating group) is 1. The van der Waals surface area contributed by atoms with E-state index in [4.69, 9.17) is 9.26 Å². The second kappa shape index (κ2) is 11.4. The van der Waals surface area contributed by atoms with Crippen molar-refractivity contribution in [3.05, 3.63) is 47.7 Å². The number of sulfonamides is 2. The lowest BCUT2D eigenvalue weighted by molar-refractivity contribution is 0.0389. The Hall–Kier alpha value is -3.47. The van der Waals surface area contributed by atoms with Gasteiger partial charge in [-0.25, -0.2) is 13.4 Å². The van der Waals surface area contributed by atoms with Crippen LogP contribution in [0.25, 0.3) is 0 Å². The maximum absolute atomic E-state index is 13.7. The number of fused-ring (bicyclic) bond motifs is 1. The van der Waals surface area contributed by atoms with Gasteiger partial charge in [0.25, 0.3) is 15.9 Å². The fourth-order valence-electron chi connectivity index (χ4n) is 4.62. The molecule has 224 valence electrons. The number of benzene rings is 1. The third-order valence-corrected chi connectivity index (χ3v) is 10.3. The Labute approximate surface area is 239 Å². The number of para-hydroxylation sites is 1. The molecule has 1 amide bonds. The molecule has 0 spiro atoms. The molecule has 0 bridgehead atoms. The molecule has 0 radical (unpaired) electrons. The maximum Gasteiger partial charge on any atom is 0.281 e. The van der Waals surface area contributed by atoms with Crippen LogP contribution in [0.1, 0.15) is 35.7 Å². The first-order valence-corrected chi connectivity index (χ1v) is 15.7. The van der Waals surface area contributed by atoms with Crippen LogP contribution >= 0.6 is 0 Å². The predicted molar refractivity (Wildman–Crippen MR) is 147 cm³/mol. The van der Waals surface area contributed by atoms with Gasteiger partial charge in [0, 0.05) is 32.8 Å². The summed E-state index contributed by atoms with van der Waals surface area (Å²) in [5.74, 6) is -0.829. The number of nitrogens with one attached hydrogen (secondary N) is 1. The number of aromatic nitrogens is 3. The number of ether oxygens (including phenoxy) is 1. The third kappa shape index (κ3) is 5.95. The molecule has 14 nitrogen and oxygen atoms in total. The van der Waals surface area contributed by atoms with Gasteiger partial charge in [-0.1, -0.05) is 18.1 Å². The summed E-state index contributed by atoms with van der Waals surface area (Å²) in [6.45, 7) is 6.19. The molecule has 3 heterocycles. The van der Waals surface area contributed by atoms with E-state index >= 15 is 0 Å². The van der Waals surface area contributed by atoms with E-state index in [0.29, 0.717) is 0 Å². The topological polar surface area (TPSA) is 177 Å². The number of amides is 1. The van der Waals surface area contributed by atoms with Crippen molar-refractivity contribution in [2.45, 2.75) is 49.8 Å². The highest BCUT2D eigenvalue weighted by Crippen LogP contribution is 2.36. The summed E-state index contributed by atoms with van der Waals surface area (Å²) in [6.07, 6.45) is 1.83. The van der Waals surface area contributed by atoms with Crippen LogP contribution < -0.4 is 9.46 Å². The quantitative estimate of drug-likeness (QED) is 0.360. The van der Waals surface area contributed by atoms with Crippen molar-refractivity contribution < 1.29 is 36.0 Å². The largest absolute Gasteiger partial charge is 0.486 e. The van der Waals surface area contributed by atoms with Crippen molar-refractivity contribution in [2.75, 3.05) is 31.5 Å². The van der Waals surface area contributed by atoms with Gasteiger partial charge >= 0.3 is 0 Å². The summed E-state index contributed by atoms with van der Waals surface area (Å²) in [4.78, 5) is 19.0. The molecule has 0 aliphatic carbocycles. The SMILES string of the molecule is Cc1noc(C)c1S(=O)(=O)N(C)C[C@H]1Oc2c(NS(=O)(=O)c3cn(C)cn3)cccc2C(=O)N([C@@H](C)CO)C[C@@H]1C. The zero-order chi connectivity index (χ0) is 30.3. The molecular formula is C25H34N6O8S2. The lowest BCUT2D eigenvalue weighted by Crippen LogP contribution is -2.50. The first-order valence-electron chi connectivity index (χ1n) is 12.8. The minimum Gasteiger partial charge on any atom is -0.486 e. The highest BCUT2D eigenvalue weighted by molar-refractivity contribution is 7.92. The molecular weight excluding hydrogens is 576 g/mol. The summed E-state index contributed by atoms with van der Waals surface area (Å²) in [6, 6.07) is 3.87. The van der Waals surface area contributed by atoms with E-state index in [-0.39, 0.29) is 58.1 Å². The third-order valence-electron chi connectivity index (χ3n) is 6.97. The number of hydrogen-bond acceptors (Lipinski definition) is 10. The van der Waals surface area contributed by atoms with Crippen LogP contribution in [0, 0.1) is 19.8 Å². The lowest BCUT2D eigenvalue weighted by atomic mass is 9.99. The van der Waals surface area contributed by atoms with E-state index < -0.39 is 44.0 Å². The van der Waals surface area contributed by atoms with Crippen LogP contribution in [0.15, 0.2) is 45.2 Å². The maximum atomic E-state index is 13.7. The highest BCUT2D eigenvalue weighted by atomic mass is 32.2. The summed E-state index contributed by atoms with van der Waals surface area (Å²) in [5, 5.41) is 13.4. The van der Waals surface area contributed by atoms with Crippen LogP contribution in [0.5, 0.6) is 5.75 Å². The first kappa shape index (κ1) is 30.5. The Morgan fingerprint density at radius 3 is 2.54 bits per heavy atom. The van der Waals surface area contributed by atoms with E-state index in [9.17, 15) is 26.7 Å². The summed E-state index contributed by atoms with van der Waals surface area (Å²) in [5.41, 5.74) is 0.249. The van der Waals surface area contributed by atoms with Gasteiger partial charge in [0.05, 0.1) is 36.8 Å². The van der Waals surface area contributed by atoms with Gasteiger partial charge in [-0.2, -0.15) is 12.7 Å². The molecule has 41 heavy (non-hydrogen) atoms. The molecule has 0 saturated carbocycles. The fraction of sp³-hybridized carbons (Fsp3) is 0.480. The van der Waals surface area contributed by atoms with Crippen molar-refractivity contribution >= 4 is 31.6 Å². The molecule has 4 rings (SSSR count). The number of nitrogens with zero attached hydrogens (tertiary/aromatic N) is 5. The number of carbonyl (C=O) groups excluding carboxylic acids is 1. The first-order chi connectivity index (χ1) is 19.2. The second-order valence-electron chi connectivity index (χ2n) is 10.2. The Kier molecular flexibility index (Phi) is 8.50. The molecule has 1 aromatic carbocycles. The highest BCUT2D eigenvalue weighted by Gasteiger charge is 2.37. The van der Waals surface area contributed by atoms with Crippen molar-refractivity contribution in [2.24, 2.45) is 13.0 Å². The number of aryl methyl sites for hydroxylation is 3. The molecule has 1 aliphatic rings. The van der Waals surface area contributed by atoms with Crippen molar-refractivity contribution in [3.8, 4) is 5.75 Å². The minimum absolute atomic E-state index is 0.0200. The van der Waals surface area contributed by atoms with Crippen molar-refractivity contribution in [1.82, 2.24) is 23.9 Å². The Morgan fingerprint density at radius 2 is 1.95 bits per heavy atom. The average molecular weight is 611 g/mol. The molecule has 0 unspecified atom stereocenters. The molecule has 2 N–H and O–H groups in total. The number of aliphatic hydroxyl groups excluding tert-OH is 1. The number of aliphatic hydroxyl groups is 1. The monoisotopic (exact) mass is 610 g/mol. The number of anilines is 1. The summed E-state index contributed by atoms with van der Waals surface area (Å²) >= 11 is 0. The van der Waals surface area contributed by atoms with Crippen molar-refractivity contribution in [3.63, 3.8) is 0 Å². The van der Waals surface area contributed by atoms with Gasteiger partial charge in [-0.05, 0) is 32.9 Å². The normalized spacial score (nSPS) is 18.9. The molecule has 2 aromatic heterocycles. The summed E-state index contributed by atoms with van der Waals surface area (Å²) in [7, 11) is -5.19. The van der Waals surface area contributed by atoms with E-state index in [1.165, 1.54) is 61.1 Å². The standard InChI is InChI=1S/C25H34N6O8S2/c1-15-10-31(16(2)13-32)25(33)19-8-7-9-20(28-40(34,35)22-12-29(5)14-26-22)23(19)38-21(15)11-30(6)41(36,37)24-17(3)27-39-18(24)4/h7-9,12,14-16,21,28,32H,10-11,13H2,1-6H3/t15-,16-,21+/m0/s1. The Bertz CT molecular complexity index is 1630. The molecule has 3 atom stereocenters. The van der Waals surface area contributed by atoms with Crippen LogP contribution in [0.2, 0.25) is 0 Å². The molecule has 0 fully saturated rings.